The summed E-state index contributed by atoms with van der Waals surface area (Å²) >= 11 is 2.16. The number of nitrogens with one attached hydrogen (secondary N) is 2. The first-order valence-electron chi connectivity index (χ1n) is 14.2. The van der Waals surface area contributed by atoms with Crippen molar-refractivity contribution in [2.24, 2.45) is 22.9 Å². The van der Waals surface area contributed by atoms with Crippen molar-refractivity contribution in [3.05, 3.63) is 87.0 Å². The van der Waals surface area contributed by atoms with Crippen molar-refractivity contribution in [1.82, 2.24) is 5.43 Å². The van der Waals surface area contributed by atoms with E-state index in [1.165, 1.54) is 57.4 Å². The Morgan fingerprint density at radius 1 is 0.951 bits per heavy atom. The maximum atomic E-state index is 12.7. The number of methoxy groups -OCH3 is 1. The van der Waals surface area contributed by atoms with E-state index in [0.29, 0.717) is 28.0 Å². The zero-order valence-corrected chi connectivity index (χ0v) is 25.2. The first kappa shape index (κ1) is 27.8. The van der Waals surface area contributed by atoms with Gasteiger partial charge in [0.25, 0.3) is 11.8 Å². The molecular weight excluding hydrogens is 629 g/mol. The number of benzene rings is 3. The summed E-state index contributed by atoms with van der Waals surface area (Å²) < 4.78 is 12.2. The topological polar surface area (TPSA) is 89.0 Å². The quantitative estimate of drug-likeness (QED) is 0.155. The maximum absolute atomic E-state index is 12.7. The first-order valence-corrected chi connectivity index (χ1v) is 15.3. The van der Waals surface area contributed by atoms with E-state index in [0.717, 1.165) is 27.0 Å². The third-order valence-electron chi connectivity index (χ3n) is 8.83. The number of ether oxygens (including phenoxy) is 2. The number of nitrogens with zero attached hydrogens (tertiary/aromatic N) is 1. The summed E-state index contributed by atoms with van der Waals surface area (Å²) in [6, 6.07) is 21.0. The lowest BCUT2D eigenvalue weighted by Gasteiger charge is -2.57. The van der Waals surface area contributed by atoms with Crippen molar-refractivity contribution in [2.45, 2.75) is 43.9 Å². The molecule has 0 atom stereocenters. The highest BCUT2D eigenvalue weighted by atomic mass is 127. The van der Waals surface area contributed by atoms with Crippen LogP contribution < -0.4 is 20.2 Å². The number of hydrogen-bond acceptors (Lipinski definition) is 5. The van der Waals surface area contributed by atoms with Crippen LogP contribution in [-0.4, -0.2) is 31.7 Å². The van der Waals surface area contributed by atoms with Crippen LogP contribution in [0.4, 0.5) is 5.69 Å². The molecule has 4 saturated carbocycles. The van der Waals surface area contributed by atoms with Gasteiger partial charge < -0.3 is 14.8 Å². The summed E-state index contributed by atoms with van der Waals surface area (Å²) in [7, 11) is 1.54. The van der Waals surface area contributed by atoms with Gasteiger partial charge in [0.2, 0.25) is 0 Å². The molecule has 3 aromatic rings. The minimum Gasteiger partial charge on any atom is -0.493 e. The van der Waals surface area contributed by atoms with Crippen LogP contribution in [0, 0.1) is 21.3 Å². The lowest BCUT2D eigenvalue weighted by molar-refractivity contribution is -0.118. The van der Waals surface area contributed by atoms with Gasteiger partial charge in [0.1, 0.15) is 0 Å². The molecule has 0 heterocycles. The predicted octanol–water partition coefficient (Wildman–Crippen LogP) is 6.55. The van der Waals surface area contributed by atoms with E-state index in [1.54, 1.807) is 30.3 Å². The lowest BCUT2D eigenvalue weighted by Crippen LogP contribution is -2.48. The van der Waals surface area contributed by atoms with Gasteiger partial charge in [-0.15, -0.1) is 0 Å². The first-order chi connectivity index (χ1) is 19.9. The van der Waals surface area contributed by atoms with E-state index < -0.39 is 0 Å². The number of rotatable bonds is 9. The Bertz CT molecular complexity index is 1430. The Balaban J connectivity index is 1.02. The predicted molar refractivity (Wildman–Crippen MR) is 168 cm³/mol. The summed E-state index contributed by atoms with van der Waals surface area (Å²) in [6.45, 7) is -0.146. The number of halogens is 1. The van der Waals surface area contributed by atoms with Crippen molar-refractivity contribution in [3.8, 4) is 11.5 Å². The van der Waals surface area contributed by atoms with Crippen LogP contribution in [0.5, 0.6) is 11.5 Å². The molecule has 2 amide bonds. The second-order valence-corrected chi connectivity index (χ2v) is 13.0. The number of hydrogen-bond donors (Lipinski definition) is 2. The molecule has 4 aliphatic carbocycles. The Hall–Kier alpha value is -3.40. The van der Waals surface area contributed by atoms with Crippen molar-refractivity contribution in [1.29, 1.82) is 0 Å². The van der Waals surface area contributed by atoms with E-state index in [4.69, 9.17) is 9.47 Å². The fraction of sp³-hybridized carbons (Fsp3) is 0.364. The van der Waals surface area contributed by atoms with E-state index >= 15 is 0 Å². The fourth-order valence-corrected chi connectivity index (χ4v) is 8.00. The molecule has 0 saturated heterocycles. The highest BCUT2D eigenvalue weighted by Crippen LogP contribution is 2.60. The van der Waals surface area contributed by atoms with Crippen LogP contribution in [0.1, 0.15) is 60.0 Å². The molecule has 212 valence electrons. The summed E-state index contributed by atoms with van der Waals surface area (Å²) in [6.07, 6.45) is 9.80. The van der Waals surface area contributed by atoms with E-state index in [9.17, 15) is 9.59 Å². The summed E-state index contributed by atoms with van der Waals surface area (Å²) in [5, 5.41) is 7.00. The molecule has 4 bridgehead atoms. The van der Waals surface area contributed by atoms with Gasteiger partial charge in [0.05, 0.1) is 13.3 Å². The van der Waals surface area contributed by atoms with Gasteiger partial charge in [0.15, 0.2) is 18.1 Å². The second kappa shape index (κ2) is 11.8. The SMILES string of the molecule is COc1cc(/C=N\NC(=O)c2cccc(I)c2)ccc1OCC(=O)Nc1ccc(C23CC4CC(CC(C4)C2)C3)cc1. The molecule has 4 fully saturated rings. The fourth-order valence-electron chi connectivity index (χ4n) is 7.46. The van der Waals surface area contributed by atoms with E-state index in [1.807, 2.05) is 24.3 Å². The number of amides is 2. The normalized spacial score (nSPS) is 24.3. The maximum Gasteiger partial charge on any atom is 0.271 e. The van der Waals surface area contributed by atoms with Gasteiger partial charge in [0, 0.05) is 14.8 Å². The monoisotopic (exact) mass is 663 g/mol. The zero-order chi connectivity index (χ0) is 28.4. The average molecular weight is 664 g/mol. The summed E-state index contributed by atoms with van der Waals surface area (Å²) in [5.74, 6) is 3.09. The Morgan fingerprint density at radius 3 is 2.32 bits per heavy atom. The smallest absolute Gasteiger partial charge is 0.271 e. The van der Waals surface area contributed by atoms with Crippen molar-refractivity contribution in [2.75, 3.05) is 19.0 Å². The highest BCUT2D eigenvalue weighted by molar-refractivity contribution is 14.1. The van der Waals surface area contributed by atoms with Crippen LogP contribution >= 0.6 is 22.6 Å². The minimum atomic E-state index is -0.292. The van der Waals surface area contributed by atoms with Gasteiger partial charge in [-0.25, -0.2) is 5.43 Å². The standard InChI is InChI=1S/C33H34IN3O4/c1-40-30-14-21(19-35-37-32(39)25-3-2-4-27(34)15-25)5-10-29(30)41-20-31(38)36-28-8-6-26(7-9-28)33-16-22-11-23(17-33)13-24(12-22)18-33/h2-10,14-15,19,22-24H,11-13,16-18,20H2,1H3,(H,36,38)(H,37,39)/b35-19-. The van der Waals surface area contributed by atoms with Crippen LogP contribution in [0.2, 0.25) is 0 Å². The summed E-state index contributed by atoms with van der Waals surface area (Å²) in [4.78, 5) is 24.9. The Labute approximate surface area is 254 Å². The molecule has 7 nitrogen and oxygen atoms in total. The van der Waals surface area contributed by atoms with Gasteiger partial charge in [-0.2, -0.15) is 5.10 Å². The molecular formula is C33H34IN3O4. The second-order valence-electron chi connectivity index (χ2n) is 11.7. The van der Waals surface area contributed by atoms with Gasteiger partial charge in [-0.05, 0) is 144 Å². The molecule has 7 rings (SSSR count). The molecule has 2 N–H and O–H groups in total. The zero-order valence-electron chi connectivity index (χ0n) is 23.1. The van der Waals surface area contributed by atoms with Gasteiger partial charge in [-0.1, -0.05) is 18.2 Å². The molecule has 0 unspecified atom stereocenters. The van der Waals surface area contributed by atoms with Crippen molar-refractivity contribution in [3.63, 3.8) is 0 Å². The molecule has 8 heteroatoms. The molecule has 4 aliphatic rings. The molecule has 3 aromatic carbocycles. The number of carbonyl (C=O) groups excluding carboxylic acids is 2. The van der Waals surface area contributed by atoms with Crippen LogP contribution in [0.25, 0.3) is 0 Å². The molecule has 0 radical (unpaired) electrons. The average Bonchev–Trinajstić information content (AvgIpc) is 2.96. The third kappa shape index (κ3) is 6.27. The van der Waals surface area contributed by atoms with Crippen molar-refractivity contribution < 1.29 is 19.1 Å². The Morgan fingerprint density at radius 2 is 1.66 bits per heavy atom. The minimum absolute atomic E-state index is 0.146. The van der Waals surface area contributed by atoms with Crippen molar-refractivity contribution >= 4 is 46.3 Å². The third-order valence-corrected chi connectivity index (χ3v) is 9.50. The van der Waals surface area contributed by atoms with Crippen LogP contribution in [0.3, 0.4) is 0 Å². The number of anilines is 1. The molecule has 0 aliphatic heterocycles. The molecule has 41 heavy (non-hydrogen) atoms. The largest absolute Gasteiger partial charge is 0.493 e. The van der Waals surface area contributed by atoms with Gasteiger partial charge in [-0.3, -0.25) is 9.59 Å². The van der Waals surface area contributed by atoms with E-state index in [-0.39, 0.29) is 18.4 Å². The Kier molecular flexibility index (Phi) is 8.01. The summed E-state index contributed by atoms with van der Waals surface area (Å²) in [5.41, 5.74) is 6.33. The molecule has 0 spiro atoms. The molecule has 0 aromatic heterocycles. The number of hydrazone groups is 1. The number of carbonyl (C=O) groups is 2. The van der Waals surface area contributed by atoms with Gasteiger partial charge >= 0.3 is 0 Å². The van der Waals surface area contributed by atoms with Crippen LogP contribution in [-0.2, 0) is 10.2 Å². The van der Waals surface area contributed by atoms with Crippen LogP contribution in [0.15, 0.2) is 71.8 Å². The highest BCUT2D eigenvalue weighted by Gasteiger charge is 2.51. The van der Waals surface area contributed by atoms with E-state index in [2.05, 4.69) is 50.6 Å². The lowest BCUT2D eigenvalue weighted by atomic mass is 9.48.